The molecule has 0 bridgehead atoms. The highest BCUT2D eigenvalue weighted by atomic mass is 16.3. The van der Waals surface area contributed by atoms with Crippen molar-refractivity contribution in [1.29, 1.82) is 0 Å². The number of hydrogen-bond donors (Lipinski definition) is 5. The molecular formula is C60H73N10O6+. The van der Waals surface area contributed by atoms with Gasteiger partial charge in [0.25, 0.3) is 5.91 Å². The SMILES string of the molecule is CCNC(=O)C(=C(/C)CC)/C(=C(\O)C1C=C(C(C)C)C(O)=CC1O)c1ccc(CN2CCN(C(=O)N(c3nccc(-c4cccnc4)n3)c3cc([NH2+]C(=O)c4ccc(CN5CCN(C)CC5)cc4)ccc3C)CC2)cc1. The van der Waals surface area contributed by atoms with Gasteiger partial charge in [0.05, 0.1) is 29.0 Å². The molecular weight excluding hydrogens is 957 g/mol. The third kappa shape index (κ3) is 13.0. The molecule has 1 aliphatic carbocycles. The zero-order chi connectivity index (χ0) is 54.0. The number of nitrogens with zero attached hydrogens (tertiary/aromatic N) is 8. The van der Waals surface area contributed by atoms with Gasteiger partial charge in [0.1, 0.15) is 17.2 Å². The lowest BCUT2D eigenvalue weighted by Crippen LogP contribution is -2.82. The lowest BCUT2D eigenvalue weighted by molar-refractivity contribution is -0.464. The van der Waals surface area contributed by atoms with Crippen LogP contribution < -0.4 is 15.5 Å². The van der Waals surface area contributed by atoms with E-state index in [0.29, 0.717) is 90.6 Å². The van der Waals surface area contributed by atoms with Crippen molar-refractivity contribution in [2.45, 2.75) is 67.2 Å². The lowest BCUT2D eigenvalue weighted by atomic mass is 9.82. The summed E-state index contributed by atoms with van der Waals surface area (Å²) in [5.41, 5.74) is 8.78. The van der Waals surface area contributed by atoms with Crippen LogP contribution in [0.2, 0.25) is 0 Å². The molecule has 0 radical (unpaired) electrons. The summed E-state index contributed by atoms with van der Waals surface area (Å²) in [5, 5.41) is 38.5. The fraction of sp³-hybridized carbons (Fsp3) is 0.367. The second-order valence-corrected chi connectivity index (χ2v) is 20.4. The van der Waals surface area contributed by atoms with Crippen molar-refractivity contribution in [2.75, 3.05) is 70.9 Å². The van der Waals surface area contributed by atoms with Gasteiger partial charge >= 0.3 is 11.9 Å². The summed E-state index contributed by atoms with van der Waals surface area (Å²) in [5.74, 6) is -1.43. The number of quaternary nitrogens is 1. The number of urea groups is 1. The number of allylic oxidation sites excluding steroid dienone is 2. The van der Waals surface area contributed by atoms with Crippen LogP contribution >= 0.6 is 0 Å². The number of aliphatic hydroxyl groups is 3. The average Bonchev–Trinajstić information content (AvgIpc) is 3.43. The molecule has 2 aromatic heterocycles. The molecule has 5 aromatic rings. The number of amides is 4. The Hall–Kier alpha value is -7.34. The molecule has 0 saturated carbocycles. The number of likely N-dealkylation sites (N-methyl/N-ethyl adjacent to an activating group) is 2. The van der Waals surface area contributed by atoms with Crippen molar-refractivity contribution < 1.29 is 35.0 Å². The van der Waals surface area contributed by atoms with Crippen LogP contribution in [-0.2, 0) is 17.9 Å². The highest BCUT2D eigenvalue weighted by Gasteiger charge is 2.34. The molecule has 16 nitrogen and oxygen atoms in total. The molecule has 398 valence electrons. The second kappa shape index (κ2) is 25.0. The smallest absolute Gasteiger partial charge is 0.347 e. The van der Waals surface area contributed by atoms with Gasteiger partial charge in [-0.25, -0.2) is 29.8 Å². The summed E-state index contributed by atoms with van der Waals surface area (Å²) in [7, 11) is 2.15. The number of aryl methyl sites for hydroxylation is 1. The highest BCUT2D eigenvalue weighted by Crippen LogP contribution is 2.38. The normalized spacial score (nSPS) is 18.4. The summed E-state index contributed by atoms with van der Waals surface area (Å²) in [4.78, 5) is 66.9. The van der Waals surface area contributed by atoms with Crippen LogP contribution in [0.25, 0.3) is 16.8 Å². The van der Waals surface area contributed by atoms with Crippen LogP contribution in [-0.4, -0.2) is 140 Å². The van der Waals surface area contributed by atoms with Crippen molar-refractivity contribution in [1.82, 2.24) is 39.9 Å². The quantitative estimate of drug-likeness (QED) is 0.0279. The highest BCUT2D eigenvalue weighted by molar-refractivity contribution is 6.10. The minimum atomic E-state index is -1.22. The first-order valence-corrected chi connectivity index (χ1v) is 26.5. The Labute approximate surface area is 446 Å². The molecule has 76 heavy (non-hydrogen) atoms. The molecule has 2 fully saturated rings. The third-order valence-corrected chi connectivity index (χ3v) is 14.6. The zero-order valence-electron chi connectivity index (χ0n) is 44.9. The fourth-order valence-corrected chi connectivity index (χ4v) is 9.93. The van der Waals surface area contributed by atoms with Crippen LogP contribution in [0.4, 0.5) is 22.1 Å². The lowest BCUT2D eigenvalue weighted by Gasteiger charge is -2.37. The number of aliphatic hydroxyl groups excluding tert-OH is 3. The van der Waals surface area contributed by atoms with Gasteiger partial charge in [-0.1, -0.05) is 74.9 Å². The maximum Gasteiger partial charge on any atom is 0.347 e. The van der Waals surface area contributed by atoms with Crippen molar-refractivity contribution in [2.24, 2.45) is 11.8 Å². The first kappa shape index (κ1) is 54.9. The van der Waals surface area contributed by atoms with Crippen LogP contribution in [0.5, 0.6) is 0 Å². The van der Waals surface area contributed by atoms with Gasteiger partial charge in [-0.15, -0.1) is 0 Å². The number of rotatable bonds is 16. The van der Waals surface area contributed by atoms with E-state index < -0.39 is 12.0 Å². The molecule has 4 heterocycles. The van der Waals surface area contributed by atoms with Crippen molar-refractivity contribution in [3.05, 3.63) is 172 Å². The van der Waals surface area contributed by atoms with E-state index >= 15 is 4.79 Å². The van der Waals surface area contributed by atoms with E-state index in [4.69, 9.17) is 4.98 Å². The van der Waals surface area contributed by atoms with E-state index in [2.05, 4.69) is 37.0 Å². The summed E-state index contributed by atoms with van der Waals surface area (Å²) in [6, 6.07) is 26.4. The number of benzene rings is 3. The number of aromatic nitrogens is 3. The van der Waals surface area contributed by atoms with Gasteiger partial charge < -0.3 is 30.4 Å². The Morgan fingerprint density at radius 3 is 2.08 bits per heavy atom. The minimum Gasteiger partial charge on any atom is -0.511 e. The number of pyridine rings is 1. The monoisotopic (exact) mass is 1030 g/mol. The van der Waals surface area contributed by atoms with Gasteiger partial charge in [-0.3, -0.25) is 19.6 Å². The first-order valence-electron chi connectivity index (χ1n) is 26.5. The molecule has 0 spiro atoms. The van der Waals surface area contributed by atoms with Crippen LogP contribution in [0, 0.1) is 18.8 Å². The van der Waals surface area contributed by atoms with E-state index in [0.717, 1.165) is 60.6 Å². The molecule has 3 aromatic carbocycles. The second-order valence-electron chi connectivity index (χ2n) is 20.4. The van der Waals surface area contributed by atoms with E-state index in [9.17, 15) is 24.9 Å². The molecule has 4 amide bonds. The number of primary amides is 1. The van der Waals surface area contributed by atoms with Gasteiger partial charge in [-0.05, 0) is 110 Å². The first-order chi connectivity index (χ1) is 36.6. The zero-order valence-corrected chi connectivity index (χ0v) is 44.9. The fourth-order valence-electron chi connectivity index (χ4n) is 9.93. The average molecular weight is 1030 g/mol. The Bertz CT molecular complexity index is 2990. The molecule has 8 rings (SSSR count). The molecule has 2 unspecified atom stereocenters. The van der Waals surface area contributed by atoms with Crippen LogP contribution in [0.15, 0.2) is 144 Å². The predicted octanol–water partition coefficient (Wildman–Crippen LogP) is 7.85. The summed E-state index contributed by atoms with van der Waals surface area (Å²) in [6.07, 6.45) is 7.43. The van der Waals surface area contributed by atoms with Crippen LogP contribution in [0.1, 0.15) is 73.7 Å². The molecule has 3 aliphatic rings. The standard InChI is InChI=1S/C60H72N10O6/c1-8-40(5)54(58(75)62-9-2)55(56(73)49-34-48(39(3)4)52(71)35-53(49)72)44-17-13-42(14-18-44)38-68-29-31-69(32-30-68)60(76)70(59-63-24-22-50(65-59)46-11-10-23-61-36-46)51-33-47(21-12-41(51)6)64-57(74)45-19-15-43(16-20-45)37-67-27-25-66(7)26-28-67/h10-24,33-36,39,49,53,71-73H,8-9,25-32,37-38H2,1-7H3,(H,62,75)(H,64,74)/p+1/b54-40-,56-55-. The predicted molar refractivity (Wildman–Crippen MR) is 297 cm³/mol. The number of carbonyl (C=O) groups is 3. The number of piperazine rings is 2. The van der Waals surface area contributed by atoms with Crippen molar-refractivity contribution in [3.63, 3.8) is 0 Å². The van der Waals surface area contributed by atoms with E-state index in [-0.39, 0.29) is 41.2 Å². The topological polar surface area (TPSA) is 195 Å². The molecule has 2 aliphatic heterocycles. The van der Waals surface area contributed by atoms with Crippen molar-refractivity contribution in [3.8, 4) is 11.3 Å². The summed E-state index contributed by atoms with van der Waals surface area (Å²) < 4.78 is 0. The van der Waals surface area contributed by atoms with E-state index in [1.54, 1.807) is 40.9 Å². The van der Waals surface area contributed by atoms with Gasteiger partial charge in [0.2, 0.25) is 5.95 Å². The Morgan fingerprint density at radius 2 is 1.47 bits per heavy atom. The molecule has 2 saturated heterocycles. The molecule has 16 heteroatoms. The van der Waals surface area contributed by atoms with Gasteiger partial charge in [0.15, 0.2) is 0 Å². The van der Waals surface area contributed by atoms with E-state index in [1.165, 1.54) is 6.08 Å². The number of carbonyl (C=O) groups excluding carboxylic acids is 3. The summed E-state index contributed by atoms with van der Waals surface area (Å²) >= 11 is 0. The Morgan fingerprint density at radius 1 is 0.829 bits per heavy atom. The largest absolute Gasteiger partial charge is 0.511 e. The maximum atomic E-state index is 15.0. The summed E-state index contributed by atoms with van der Waals surface area (Å²) in [6.45, 7) is 19.4. The van der Waals surface area contributed by atoms with Gasteiger partial charge in [-0.2, -0.15) is 0 Å². The Balaban J connectivity index is 1.01. The molecule has 2 atom stereocenters. The maximum absolute atomic E-state index is 15.0. The van der Waals surface area contributed by atoms with E-state index in [1.807, 2.05) is 125 Å². The third-order valence-electron chi connectivity index (χ3n) is 14.6. The number of nitrogens with two attached hydrogens (primary N) is 1. The number of anilines is 2. The minimum absolute atomic E-state index is 0.0252. The molecule has 6 N–H and O–H groups in total. The van der Waals surface area contributed by atoms with Gasteiger partial charge in [0, 0.05) is 113 Å². The number of nitrogens with one attached hydrogen (secondary N) is 1. The number of hydrogen-bond acceptors (Lipinski definition) is 12. The van der Waals surface area contributed by atoms with Crippen LogP contribution in [0.3, 0.4) is 0 Å². The Kier molecular flexibility index (Phi) is 18.1. The van der Waals surface area contributed by atoms with Crippen molar-refractivity contribution >= 4 is 40.7 Å².